The summed E-state index contributed by atoms with van der Waals surface area (Å²) in [5, 5.41) is 0. The molecule has 0 saturated heterocycles. The number of hydrogen-bond donors (Lipinski definition) is 0. The van der Waals surface area contributed by atoms with Crippen LogP contribution in [0.5, 0.6) is 11.5 Å². The van der Waals surface area contributed by atoms with E-state index in [0.717, 1.165) is 0 Å². The van der Waals surface area contributed by atoms with Gasteiger partial charge in [-0.1, -0.05) is 12.1 Å². The monoisotopic (exact) mass is 187 g/mol. The van der Waals surface area contributed by atoms with Gasteiger partial charge >= 0.3 is 0 Å². The van der Waals surface area contributed by atoms with Gasteiger partial charge in [-0.25, -0.2) is 4.21 Å². The molecule has 1 aromatic carbocycles. The Kier molecular flexibility index (Phi) is 3.07. The summed E-state index contributed by atoms with van der Waals surface area (Å²) in [7, 11) is 1.44. The summed E-state index contributed by atoms with van der Waals surface area (Å²) >= 11 is -2.56. The lowest BCUT2D eigenvalue weighted by molar-refractivity contribution is 0.383. The van der Waals surface area contributed by atoms with E-state index in [1.807, 2.05) is 0 Å². The number of hydrogen-bond acceptors (Lipinski definition) is 4. The average Bonchev–Trinajstić information content (AvgIpc) is 2.04. The number of para-hydroxylation sites is 2. The van der Waals surface area contributed by atoms with Gasteiger partial charge in [0.15, 0.2) is 11.5 Å². The highest BCUT2D eigenvalue weighted by Crippen LogP contribution is 2.25. The van der Waals surface area contributed by atoms with Crippen LogP contribution in [0.2, 0.25) is 0 Å². The van der Waals surface area contributed by atoms with Crippen LogP contribution in [0.1, 0.15) is 0 Å². The quantitative estimate of drug-likeness (QED) is 0.659. The third-order valence-electron chi connectivity index (χ3n) is 1.23. The standard InChI is InChI=1S/C7H8O4S/c1-10-6-4-2-3-5-7(6)11-12(8)9/h2-5H,1H3,(H,8,9)/p-1. The van der Waals surface area contributed by atoms with Crippen molar-refractivity contribution in [2.45, 2.75) is 0 Å². The van der Waals surface area contributed by atoms with E-state index < -0.39 is 11.4 Å². The van der Waals surface area contributed by atoms with E-state index >= 15 is 0 Å². The molecule has 5 heteroatoms. The Bertz CT molecular complexity index is 286. The summed E-state index contributed by atoms with van der Waals surface area (Å²) in [6.45, 7) is 0. The largest absolute Gasteiger partial charge is 0.740 e. The summed E-state index contributed by atoms with van der Waals surface area (Å²) in [6, 6.07) is 6.50. The molecule has 1 rings (SSSR count). The molecule has 12 heavy (non-hydrogen) atoms. The molecule has 66 valence electrons. The van der Waals surface area contributed by atoms with E-state index in [9.17, 15) is 8.76 Å². The Labute approximate surface area is 72.6 Å². The molecule has 0 fully saturated rings. The first-order valence-corrected chi connectivity index (χ1v) is 4.14. The van der Waals surface area contributed by atoms with Crippen LogP contribution in [-0.4, -0.2) is 15.9 Å². The summed E-state index contributed by atoms with van der Waals surface area (Å²) in [5.41, 5.74) is 0. The van der Waals surface area contributed by atoms with Crippen LogP contribution in [0.3, 0.4) is 0 Å². The summed E-state index contributed by atoms with van der Waals surface area (Å²) < 4.78 is 29.6. The van der Waals surface area contributed by atoms with Crippen molar-refractivity contribution in [3.8, 4) is 11.5 Å². The van der Waals surface area contributed by atoms with Crippen molar-refractivity contribution in [2.24, 2.45) is 0 Å². The lowest BCUT2D eigenvalue weighted by Crippen LogP contribution is -1.99. The van der Waals surface area contributed by atoms with Crippen LogP contribution in [0.25, 0.3) is 0 Å². The van der Waals surface area contributed by atoms with Crippen molar-refractivity contribution >= 4 is 11.4 Å². The molecule has 1 atom stereocenters. The Morgan fingerprint density at radius 2 is 1.92 bits per heavy atom. The molecule has 0 saturated carbocycles. The molecule has 1 aromatic rings. The first kappa shape index (κ1) is 9.02. The van der Waals surface area contributed by atoms with E-state index in [1.54, 1.807) is 18.2 Å². The number of methoxy groups -OCH3 is 1. The van der Waals surface area contributed by atoms with E-state index in [-0.39, 0.29) is 5.75 Å². The SMILES string of the molecule is COc1ccccc1OS(=O)[O-]. The number of ether oxygens (including phenoxy) is 1. The molecule has 0 bridgehead atoms. The zero-order valence-electron chi connectivity index (χ0n) is 6.35. The molecule has 1 unspecified atom stereocenters. The number of benzene rings is 1. The van der Waals surface area contributed by atoms with Crippen molar-refractivity contribution in [1.82, 2.24) is 0 Å². The topological polar surface area (TPSA) is 58.6 Å². The maximum absolute atomic E-state index is 10.2. The fourth-order valence-electron chi connectivity index (χ4n) is 0.761. The van der Waals surface area contributed by atoms with Crippen LogP contribution in [-0.2, 0) is 11.4 Å². The molecule has 0 aliphatic heterocycles. The Hall–Kier alpha value is -1.07. The Balaban J connectivity index is 2.89. The van der Waals surface area contributed by atoms with Gasteiger partial charge in [0.2, 0.25) is 0 Å². The van der Waals surface area contributed by atoms with E-state index in [2.05, 4.69) is 4.18 Å². The lowest BCUT2D eigenvalue weighted by atomic mass is 10.3. The smallest absolute Gasteiger partial charge is 0.181 e. The molecule has 0 N–H and O–H groups in total. The molecule has 0 heterocycles. The van der Waals surface area contributed by atoms with Gasteiger partial charge in [0.25, 0.3) is 0 Å². The van der Waals surface area contributed by atoms with Crippen molar-refractivity contribution in [2.75, 3.05) is 7.11 Å². The van der Waals surface area contributed by atoms with Crippen LogP contribution in [0.4, 0.5) is 0 Å². The van der Waals surface area contributed by atoms with Gasteiger partial charge in [0, 0.05) is 0 Å². The highest BCUT2D eigenvalue weighted by Gasteiger charge is 2.01. The molecule has 0 amide bonds. The second-order valence-electron chi connectivity index (χ2n) is 1.94. The normalized spacial score (nSPS) is 12.2. The lowest BCUT2D eigenvalue weighted by Gasteiger charge is -2.09. The maximum atomic E-state index is 10.2. The fraction of sp³-hybridized carbons (Fsp3) is 0.143. The van der Waals surface area contributed by atoms with Crippen molar-refractivity contribution in [3.05, 3.63) is 24.3 Å². The van der Waals surface area contributed by atoms with Crippen LogP contribution in [0, 0.1) is 0 Å². The van der Waals surface area contributed by atoms with E-state index in [0.29, 0.717) is 5.75 Å². The van der Waals surface area contributed by atoms with Crippen LogP contribution in [0.15, 0.2) is 24.3 Å². The summed E-state index contributed by atoms with van der Waals surface area (Å²) in [6.07, 6.45) is 0. The molecule has 0 radical (unpaired) electrons. The Morgan fingerprint density at radius 1 is 1.33 bits per heavy atom. The number of rotatable bonds is 3. The summed E-state index contributed by atoms with van der Waals surface area (Å²) in [5.74, 6) is 0.579. The molecule has 0 aliphatic carbocycles. The van der Waals surface area contributed by atoms with Gasteiger partial charge in [-0.3, -0.25) is 0 Å². The van der Waals surface area contributed by atoms with Crippen LogP contribution >= 0.6 is 0 Å². The zero-order chi connectivity index (χ0) is 8.97. The molecule has 0 aliphatic rings. The average molecular weight is 187 g/mol. The predicted octanol–water partition coefficient (Wildman–Crippen LogP) is 0.868. The molecule has 4 nitrogen and oxygen atoms in total. The first-order valence-electron chi connectivity index (χ1n) is 3.14. The minimum atomic E-state index is -2.56. The zero-order valence-corrected chi connectivity index (χ0v) is 7.17. The van der Waals surface area contributed by atoms with E-state index in [1.165, 1.54) is 13.2 Å². The Morgan fingerprint density at radius 3 is 2.42 bits per heavy atom. The molecule has 0 spiro atoms. The van der Waals surface area contributed by atoms with Gasteiger partial charge in [0.1, 0.15) is 11.4 Å². The third-order valence-corrected chi connectivity index (χ3v) is 1.54. The molecular formula is C7H7O4S-. The minimum absolute atomic E-state index is 0.188. The molecule has 0 aromatic heterocycles. The second-order valence-corrected chi connectivity index (χ2v) is 2.51. The second kappa shape index (κ2) is 4.08. The van der Waals surface area contributed by atoms with Gasteiger partial charge < -0.3 is 13.5 Å². The van der Waals surface area contributed by atoms with Gasteiger partial charge in [-0.15, -0.1) is 0 Å². The van der Waals surface area contributed by atoms with Crippen molar-refractivity contribution in [1.29, 1.82) is 0 Å². The first-order chi connectivity index (χ1) is 5.74. The summed E-state index contributed by atoms with van der Waals surface area (Å²) in [4.78, 5) is 0. The van der Waals surface area contributed by atoms with Crippen molar-refractivity contribution in [3.63, 3.8) is 0 Å². The van der Waals surface area contributed by atoms with Crippen molar-refractivity contribution < 1.29 is 17.7 Å². The van der Waals surface area contributed by atoms with Gasteiger partial charge in [-0.05, 0) is 12.1 Å². The third kappa shape index (κ3) is 2.21. The molecular weight excluding hydrogens is 180 g/mol. The van der Waals surface area contributed by atoms with E-state index in [4.69, 9.17) is 4.74 Å². The highest BCUT2D eigenvalue weighted by molar-refractivity contribution is 7.74. The highest BCUT2D eigenvalue weighted by atomic mass is 32.2. The van der Waals surface area contributed by atoms with Gasteiger partial charge in [-0.2, -0.15) is 0 Å². The van der Waals surface area contributed by atoms with Crippen LogP contribution < -0.4 is 8.92 Å². The fourth-order valence-corrected chi connectivity index (χ4v) is 1.05. The predicted molar refractivity (Wildman–Crippen MR) is 42.5 cm³/mol. The van der Waals surface area contributed by atoms with Gasteiger partial charge in [0.05, 0.1) is 7.11 Å². The minimum Gasteiger partial charge on any atom is -0.740 e. The maximum Gasteiger partial charge on any atom is 0.181 e.